The van der Waals surface area contributed by atoms with Crippen LogP contribution in [0.25, 0.3) is 0 Å². The van der Waals surface area contributed by atoms with E-state index in [-0.39, 0.29) is 23.7 Å². The molecular formula is C24H25N3O5. The van der Waals surface area contributed by atoms with Gasteiger partial charge in [-0.05, 0) is 35.9 Å². The Labute approximate surface area is 186 Å². The largest absolute Gasteiger partial charge is 0.497 e. The van der Waals surface area contributed by atoms with Crippen molar-refractivity contribution >= 4 is 23.0 Å². The van der Waals surface area contributed by atoms with E-state index in [4.69, 9.17) is 9.47 Å². The smallest absolute Gasteiger partial charge is 0.271 e. The number of amides is 1. The van der Waals surface area contributed by atoms with Crippen molar-refractivity contribution in [2.45, 2.75) is 13.0 Å². The summed E-state index contributed by atoms with van der Waals surface area (Å²) in [6, 6.07) is 21.7. The van der Waals surface area contributed by atoms with E-state index in [0.29, 0.717) is 18.8 Å². The van der Waals surface area contributed by atoms with Gasteiger partial charge in [-0.2, -0.15) is 0 Å². The number of anilines is 2. The lowest BCUT2D eigenvalue weighted by molar-refractivity contribution is -0.384. The molecule has 0 saturated carbocycles. The van der Waals surface area contributed by atoms with Crippen LogP contribution < -0.4 is 19.7 Å². The predicted molar refractivity (Wildman–Crippen MR) is 123 cm³/mol. The molecule has 1 N–H and O–H groups in total. The highest BCUT2D eigenvalue weighted by atomic mass is 16.6. The van der Waals surface area contributed by atoms with Crippen LogP contribution in [0, 0.1) is 10.1 Å². The number of benzene rings is 3. The van der Waals surface area contributed by atoms with E-state index < -0.39 is 4.92 Å². The van der Waals surface area contributed by atoms with Gasteiger partial charge in [-0.1, -0.05) is 30.3 Å². The third kappa shape index (κ3) is 5.98. The maximum atomic E-state index is 12.7. The van der Waals surface area contributed by atoms with E-state index in [9.17, 15) is 14.9 Å². The van der Waals surface area contributed by atoms with Gasteiger partial charge >= 0.3 is 0 Å². The van der Waals surface area contributed by atoms with Crippen molar-refractivity contribution in [1.82, 2.24) is 0 Å². The second-order valence-electron chi connectivity index (χ2n) is 7.05. The summed E-state index contributed by atoms with van der Waals surface area (Å²) in [5.41, 5.74) is 2.22. The molecule has 0 spiro atoms. The molecule has 166 valence electrons. The first-order chi connectivity index (χ1) is 15.5. The Morgan fingerprint density at radius 3 is 2.34 bits per heavy atom. The molecule has 0 aliphatic rings. The topological polar surface area (TPSA) is 93.9 Å². The van der Waals surface area contributed by atoms with Gasteiger partial charge in [0.15, 0.2) is 0 Å². The van der Waals surface area contributed by atoms with Crippen molar-refractivity contribution < 1.29 is 19.2 Å². The van der Waals surface area contributed by atoms with Gasteiger partial charge in [0.25, 0.3) is 5.69 Å². The molecule has 1 amide bonds. The highest BCUT2D eigenvalue weighted by Crippen LogP contribution is 2.29. The Balaban J connectivity index is 1.73. The molecule has 0 saturated heterocycles. The van der Waals surface area contributed by atoms with Crippen LogP contribution in [0.3, 0.4) is 0 Å². The average Bonchev–Trinajstić information content (AvgIpc) is 2.82. The number of nitro groups is 1. The molecule has 32 heavy (non-hydrogen) atoms. The molecule has 0 fully saturated rings. The molecule has 0 heterocycles. The summed E-state index contributed by atoms with van der Waals surface area (Å²) in [7, 11) is 3.06. The number of ether oxygens (including phenoxy) is 2. The van der Waals surface area contributed by atoms with Crippen LogP contribution >= 0.6 is 0 Å². The van der Waals surface area contributed by atoms with E-state index in [2.05, 4.69) is 10.2 Å². The highest BCUT2D eigenvalue weighted by molar-refractivity contribution is 5.93. The molecule has 0 radical (unpaired) electrons. The van der Waals surface area contributed by atoms with E-state index in [0.717, 1.165) is 17.0 Å². The van der Waals surface area contributed by atoms with Gasteiger partial charge in [0.2, 0.25) is 5.91 Å². The number of nitrogens with zero attached hydrogens (tertiary/aromatic N) is 2. The van der Waals surface area contributed by atoms with Crippen LogP contribution in [-0.2, 0) is 11.3 Å². The maximum absolute atomic E-state index is 12.7. The molecule has 0 unspecified atom stereocenters. The molecule has 3 rings (SSSR count). The molecule has 0 aromatic heterocycles. The SMILES string of the molecule is COc1ccc(N(CCC(=O)Nc2cc([N+](=O)[O-])ccc2OC)Cc2ccccc2)cc1. The molecule has 8 heteroatoms. The van der Waals surface area contributed by atoms with Crippen molar-refractivity contribution in [2.24, 2.45) is 0 Å². The number of carbonyl (C=O) groups excluding carboxylic acids is 1. The lowest BCUT2D eigenvalue weighted by Crippen LogP contribution is -2.27. The fourth-order valence-electron chi connectivity index (χ4n) is 3.25. The van der Waals surface area contributed by atoms with E-state index >= 15 is 0 Å². The second-order valence-corrected chi connectivity index (χ2v) is 7.05. The number of nitro benzene ring substituents is 1. The maximum Gasteiger partial charge on any atom is 0.271 e. The van der Waals surface area contributed by atoms with Crippen LogP contribution in [0.5, 0.6) is 11.5 Å². The summed E-state index contributed by atoms with van der Waals surface area (Å²) in [5.74, 6) is 0.847. The third-order valence-electron chi connectivity index (χ3n) is 4.93. The number of nitrogens with one attached hydrogen (secondary N) is 1. The standard InChI is InChI=1S/C24H25N3O5/c1-31-21-11-8-19(9-12-21)26(17-18-6-4-3-5-7-18)15-14-24(28)25-22-16-20(27(29)30)10-13-23(22)32-2/h3-13,16H,14-15,17H2,1-2H3,(H,25,28). The minimum absolute atomic E-state index is 0.120. The molecule has 8 nitrogen and oxygen atoms in total. The normalized spacial score (nSPS) is 10.3. The van der Waals surface area contributed by atoms with Crippen LogP contribution in [0.2, 0.25) is 0 Å². The second kappa shape index (κ2) is 10.8. The molecular weight excluding hydrogens is 410 g/mol. The summed E-state index contributed by atoms with van der Waals surface area (Å²) in [4.78, 5) is 25.3. The number of carbonyl (C=O) groups is 1. The third-order valence-corrected chi connectivity index (χ3v) is 4.93. The van der Waals surface area contributed by atoms with Gasteiger partial charge in [-0.25, -0.2) is 0 Å². The summed E-state index contributed by atoms with van der Waals surface area (Å²) in [5, 5.41) is 13.8. The van der Waals surface area contributed by atoms with Crippen LogP contribution in [0.15, 0.2) is 72.8 Å². The molecule has 0 bridgehead atoms. The van der Waals surface area contributed by atoms with Gasteiger partial charge in [0.1, 0.15) is 11.5 Å². The number of non-ortho nitro benzene ring substituents is 1. The average molecular weight is 435 g/mol. The molecule has 0 atom stereocenters. The molecule has 3 aromatic rings. The Bertz CT molecular complexity index is 1050. The summed E-state index contributed by atoms with van der Waals surface area (Å²) in [6.45, 7) is 1.07. The molecule has 0 aliphatic carbocycles. The van der Waals surface area contributed by atoms with Crippen LogP contribution in [-0.4, -0.2) is 31.6 Å². The van der Waals surface area contributed by atoms with Crippen molar-refractivity contribution in [3.63, 3.8) is 0 Å². The minimum Gasteiger partial charge on any atom is -0.497 e. The van der Waals surface area contributed by atoms with Gasteiger partial charge in [-0.3, -0.25) is 14.9 Å². The van der Waals surface area contributed by atoms with Crippen molar-refractivity contribution in [2.75, 3.05) is 31.0 Å². The zero-order valence-corrected chi connectivity index (χ0v) is 18.0. The van der Waals surface area contributed by atoms with Crippen LogP contribution in [0.4, 0.5) is 17.1 Å². The number of hydrogen-bond donors (Lipinski definition) is 1. The zero-order valence-electron chi connectivity index (χ0n) is 18.0. The summed E-state index contributed by atoms with van der Waals surface area (Å²) in [6.07, 6.45) is 0.185. The van der Waals surface area contributed by atoms with Gasteiger partial charge in [0.05, 0.1) is 24.8 Å². The van der Waals surface area contributed by atoms with Crippen molar-refractivity contribution in [1.29, 1.82) is 0 Å². The highest BCUT2D eigenvalue weighted by Gasteiger charge is 2.15. The minimum atomic E-state index is -0.514. The molecule has 0 aliphatic heterocycles. The van der Waals surface area contributed by atoms with Crippen molar-refractivity contribution in [3.8, 4) is 11.5 Å². The lowest BCUT2D eigenvalue weighted by Gasteiger charge is -2.25. The Kier molecular flexibility index (Phi) is 7.64. The van der Waals surface area contributed by atoms with E-state index in [1.165, 1.54) is 25.3 Å². The van der Waals surface area contributed by atoms with E-state index in [1.807, 2.05) is 54.6 Å². The van der Waals surface area contributed by atoms with Gasteiger partial charge < -0.3 is 19.7 Å². The quantitative estimate of drug-likeness (QED) is 0.368. The Hall–Kier alpha value is -4.07. The van der Waals surface area contributed by atoms with Crippen LogP contribution in [0.1, 0.15) is 12.0 Å². The fourth-order valence-corrected chi connectivity index (χ4v) is 3.25. The monoisotopic (exact) mass is 435 g/mol. The fraction of sp³-hybridized carbons (Fsp3) is 0.208. The lowest BCUT2D eigenvalue weighted by atomic mass is 10.1. The first-order valence-corrected chi connectivity index (χ1v) is 10.1. The molecule has 3 aromatic carbocycles. The summed E-state index contributed by atoms with van der Waals surface area (Å²) < 4.78 is 10.5. The van der Waals surface area contributed by atoms with E-state index in [1.54, 1.807) is 7.11 Å². The van der Waals surface area contributed by atoms with Crippen molar-refractivity contribution in [3.05, 3.63) is 88.5 Å². The van der Waals surface area contributed by atoms with Gasteiger partial charge in [-0.15, -0.1) is 0 Å². The summed E-state index contributed by atoms with van der Waals surface area (Å²) >= 11 is 0. The predicted octanol–water partition coefficient (Wildman–Crippen LogP) is 4.65. The zero-order chi connectivity index (χ0) is 22.9. The van der Waals surface area contributed by atoms with Gasteiger partial charge in [0, 0.05) is 37.3 Å². The first kappa shape index (κ1) is 22.6. The number of rotatable bonds is 10. The number of methoxy groups -OCH3 is 2. The Morgan fingerprint density at radius 2 is 1.72 bits per heavy atom. The Morgan fingerprint density at radius 1 is 1.00 bits per heavy atom. The number of hydrogen-bond acceptors (Lipinski definition) is 6. The first-order valence-electron chi connectivity index (χ1n) is 10.1.